The van der Waals surface area contributed by atoms with Gasteiger partial charge in [0.15, 0.2) is 0 Å². The number of amides is 2. The molecule has 0 spiro atoms. The van der Waals surface area contributed by atoms with Gasteiger partial charge in [-0.05, 0) is 24.5 Å². The highest BCUT2D eigenvalue weighted by atomic mass is 16.2. The van der Waals surface area contributed by atoms with Crippen molar-refractivity contribution in [3.8, 4) is 0 Å². The molecule has 2 amide bonds. The van der Waals surface area contributed by atoms with Gasteiger partial charge in [0.05, 0.1) is 11.1 Å². The molecule has 1 aliphatic rings. The summed E-state index contributed by atoms with van der Waals surface area (Å²) in [6, 6.07) is 11.5. The standard InChI is InChI=1S/C17H17N3O2/c21-16(19-9-12-4-2-1-3-5-12)13-8-14(11-18-10-13)17(22)20-15-6-7-15/h1-5,8,10-11,15H,6-7,9H2,(H,19,21)(H,20,22). The molecule has 0 radical (unpaired) electrons. The van der Waals surface area contributed by atoms with Gasteiger partial charge in [-0.1, -0.05) is 30.3 Å². The van der Waals surface area contributed by atoms with Crippen molar-refractivity contribution in [3.63, 3.8) is 0 Å². The third-order valence-electron chi connectivity index (χ3n) is 3.47. The van der Waals surface area contributed by atoms with Gasteiger partial charge in [0, 0.05) is 25.0 Å². The maximum absolute atomic E-state index is 12.1. The Bertz CT molecular complexity index is 681. The first-order valence-electron chi connectivity index (χ1n) is 7.30. The summed E-state index contributed by atoms with van der Waals surface area (Å²) >= 11 is 0. The molecule has 1 saturated carbocycles. The van der Waals surface area contributed by atoms with Crippen molar-refractivity contribution in [1.29, 1.82) is 0 Å². The number of pyridine rings is 1. The Labute approximate surface area is 128 Å². The third-order valence-corrected chi connectivity index (χ3v) is 3.47. The molecule has 1 fully saturated rings. The number of hydrogen-bond donors (Lipinski definition) is 2. The average molecular weight is 295 g/mol. The molecule has 5 heteroatoms. The van der Waals surface area contributed by atoms with Gasteiger partial charge in [-0.2, -0.15) is 0 Å². The van der Waals surface area contributed by atoms with E-state index in [1.54, 1.807) is 6.07 Å². The van der Waals surface area contributed by atoms with Crippen molar-refractivity contribution in [2.75, 3.05) is 0 Å². The summed E-state index contributed by atoms with van der Waals surface area (Å²) < 4.78 is 0. The van der Waals surface area contributed by atoms with E-state index in [4.69, 9.17) is 0 Å². The number of aromatic nitrogens is 1. The van der Waals surface area contributed by atoms with Gasteiger partial charge < -0.3 is 10.6 Å². The van der Waals surface area contributed by atoms with Gasteiger partial charge in [0.25, 0.3) is 11.8 Å². The zero-order valence-electron chi connectivity index (χ0n) is 12.1. The zero-order chi connectivity index (χ0) is 15.4. The zero-order valence-corrected chi connectivity index (χ0v) is 12.1. The molecule has 0 unspecified atom stereocenters. The second kappa shape index (κ2) is 6.39. The van der Waals surface area contributed by atoms with Crippen LogP contribution in [0.3, 0.4) is 0 Å². The molecule has 1 aliphatic carbocycles. The summed E-state index contributed by atoms with van der Waals surface area (Å²) in [4.78, 5) is 28.1. The number of carbonyl (C=O) groups is 2. The van der Waals surface area contributed by atoms with Crippen LogP contribution in [0.25, 0.3) is 0 Å². The van der Waals surface area contributed by atoms with Crippen LogP contribution in [0, 0.1) is 0 Å². The van der Waals surface area contributed by atoms with E-state index in [0.717, 1.165) is 18.4 Å². The van der Waals surface area contributed by atoms with Crippen LogP contribution in [0.4, 0.5) is 0 Å². The molecule has 0 aliphatic heterocycles. The third kappa shape index (κ3) is 3.69. The maximum Gasteiger partial charge on any atom is 0.253 e. The molecule has 2 aromatic rings. The van der Waals surface area contributed by atoms with Gasteiger partial charge in [-0.15, -0.1) is 0 Å². The highest BCUT2D eigenvalue weighted by molar-refractivity contribution is 5.99. The summed E-state index contributed by atoms with van der Waals surface area (Å²) in [6.45, 7) is 0.443. The molecule has 22 heavy (non-hydrogen) atoms. The first-order valence-corrected chi connectivity index (χ1v) is 7.30. The summed E-state index contributed by atoms with van der Waals surface area (Å²) in [7, 11) is 0. The number of rotatable bonds is 5. The van der Waals surface area contributed by atoms with E-state index < -0.39 is 0 Å². The van der Waals surface area contributed by atoms with Gasteiger partial charge >= 0.3 is 0 Å². The predicted molar refractivity (Wildman–Crippen MR) is 82.3 cm³/mol. The van der Waals surface area contributed by atoms with E-state index in [9.17, 15) is 9.59 Å². The van der Waals surface area contributed by atoms with Crippen LogP contribution in [0.2, 0.25) is 0 Å². The van der Waals surface area contributed by atoms with Crippen LogP contribution >= 0.6 is 0 Å². The molecule has 5 nitrogen and oxygen atoms in total. The van der Waals surface area contributed by atoms with Gasteiger partial charge in [0.2, 0.25) is 0 Å². The minimum absolute atomic E-state index is 0.173. The topological polar surface area (TPSA) is 71.1 Å². The summed E-state index contributed by atoms with van der Waals surface area (Å²) in [5.74, 6) is -0.412. The van der Waals surface area contributed by atoms with E-state index in [1.165, 1.54) is 12.4 Å². The van der Waals surface area contributed by atoms with E-state index in [-0.39, 0.29) is 17.9 Å². The highest BCUT2D eigenvalue weighted by Crippen LogP contribution is 2.19. The summed E-state index contributed by atoms with van der Waals surface area (Å²) in [5, 5.41) is 5.71. The van der Waals surface area contributed by atoms with E-state index in [1.807, 2.05) is 30.3 Å². The minimum Gasteiger partial charge on any atom is -0.349 e. The molecule has 0 saturated heterocycles. The molecule has 1 heterocycles. The van der Waals surface area contributed by atoms with Crippen molar-refractivity contribution in [3.05, 3.63) is 65.5 Å². The second-order valence-electron chi connectivity index (χ2n) is 5.38. The highest BCUT2D eigenvalue weighted by Gasteiger charge is 2.24. The molecule has 1 aromatic carbocycles. The Morgan fingerprint density at radius 1 is 1.05 bits per heavy atom. The number of carbonyl (C=O) groups excluding carboxylic acids is 2. The lowest BCUT2D eigenvalue weighted by Crippen LogP contribution is -2.27. The van der Waals surface area contributed by atoms with E-state index in [0.29, 0.717) is 17.7 Å². The maximum atomic E-state index is 12.1. The smallest absolute Gasteiger partial charge is 0.253 e. The fraction of sp³-hybridized carbons (Fsp3) is 0.235. The van der Waals surface area contributed by atoms with Crippen molar-refractivity contribution >= 4 is 11.8 Å². The number of nitrogens with zero attached hydrogens (tertiary/aromatic N) is 1. The van der Waals surface area contributed by atoms with Crippen molar-refractivity contribution in [1.82, 2.24) is 15.6 Å². The molecular weight excluding hydrogens is 278 g/mol. The lowest BCUT2D eigenvalue weighted by Gasteiger charge is -2.07. The normalized spacial score (nSPS) is 13.5. The van der Waals surface area contributed by atoms with Crippen LogP contribution in [0.15, 0.2) is 48.8 Å². The lowest BCUT2D eigenvalue weighted by molar-refractivity contribution is 0.0950. The Morgan fingerprint density at radius 3 is 2.41 bits per heavy atom. The molecule has 0 atom stereocenters. The van der Waals surface area contributed by atoms with Crippen LogP contribution in [0.1, 0.15) is 39.1 Å². The van der Waals surface area contributed by atoms with Crippen LogP contribution in [-0.4, -0.2) is 22.8 Å². The molecule has 0 bridgehead atoms. The van der Waals surface area contributed by atoms with Gasteiger partial charge in [-0.25, -0.2) is 0 Å². The Kier molecular flexibility index (Phi) is 4.14. The number of hydrogen-bond acceptors (Lipinski definition) is 3. The van der Waals surface area contributed by atoms with Crippen molar-refractivity contribution in [2.45, 2.75) is 25.4 Å². The molecule has 2 N–H and O–H groups in total. The Hall–Kier alpha value is -2.69. The predicted octanol–water partition coefficient (Wildman–Crippen LogP) is 1.90. The molecule has 112 valence electrons. The summed E-state index contributed by atoms with van der Waals surface area (Å²) in [5.41, 5.74) is 1.82. The largest absolute Gasteiger partial charge is 0.349 e. The minimum atomic E-state index is -0.238. The fourth-order valence-corrected chi connectivity index (χ4v) is 2.06. The first-order chi connectivity index (χ1) is 10.7. The number of benzene rings is 1. The van der Waals surface area contributed by atoms with Crippen LogP contribution < -0.4 is 10.6 Å². The van der Waals surface area contributed by atoms with Crippen LogP contribution in [0.5, 0.6) is 0 Å². The van der Waals surface area contributed by atoms with E-state index in [2.05, 4.69) is 15.6 Å². The van der Waals surface area contributed by atoms with Crippen molar-refractivity contribution < 1.29 is 9.59 Å². The molecule has 3 rings (SSSR count). The molecule has 1 aromatic heterocycles. The number of nitrogens with one attached hydrogen (secondary N) is 2. The van der Waals surface area contributed by atoms with Gasteiger partial charge in [-0.3, -0.25) is 14.6 Å². The van der Waals surface area contributed by atoms with Crippen molar-refractivity contribution in [2.24, 2.45) is 0 Å². The van der Waals surface area contributed by atoms with Crippen LogP contribution in [-0.2, 0) is 6.54 Å². The fourth-order valence-electron chi connectivity index (χ4n) is 2.06. The van der Waals surface area contributed by atoms with Gasteiger partial charge in [0.1, 0.15) is 0 Å². The second-order valence-corrected chi connectivity index (χ2v) is 5.38. The lowest BCUT2D eigenvalue weighted by atomic mass is 10.1. The quantitative estimate of drug-likeness (QED) is 0.885. The monoisotopic (exact) mass is 295 g/mol. The Balaban J connectivity index is 1.63. The first kappa shape index (κ1) is 14.3. The van der Waals surface area contributed by atoms with E-state index >= 15 is 0 Å². The SMILES string of the molecule is O=C(NCc1ccccc1)c1cncc(C(=O)NC2CC2)c1. The summed E-state index contributed by atoms with van der Waals surface area (Å²) in [6.07, 6.45) is 4.99. The Morgan fingerprint density at radius 2 is 1.73 bits per heavy atom. The average Bonchev–Trinajstić information content (AvgIpc) is 3.37. The molecular formula is C17H17N3O2.